The standard InChI is InChI=1S/C19H31NO3/c1-4-5-6-7-8-9-15-22-18-12-10-17(11-13-18)19(21)23-16-14-20(2)3/h10-13H,4-9,14-16H2,1-3H3. The molecule has 130 valence electrons. The van der Waals surface area contributed by atoms with Crippen LogP contribution in [-0.4, -0.2) is 44.7 Å². The van der Waals surface area contributed by atoms with Crippen LogP contribution in [0.4, 0.5) is 0 Å². The molecular formula is C19H31NO3. The van der Waals surface area contributed by atoms with Gasteiger partial charge in [0.05, 0.1) is 12.2 Å². The Kier molecular flexibility index (Phi) is 10.1. The van der Waals surface area contributed by atoms with Crippen molar-refractivity contribution in [2.75, 3.05) is 33.9 Å². The molecule has 0 aromatic heterocycles. The highest BCUT2D eigenvalue weighted by Crippen LogP contribution is 2.14. The van der Waals surface area contributed by atoms with Gasteiger partial charge in [0.25, 0.3) is 0 Å². The smallest absolute Gasteiger partial charge is 0.338 e. The average molecular weight is 321 g/mol. The van der Waals surface area contributed by atoms with Gasteiger partial charge in [-0.3, -0.25) is 0 Å². The summed E-state index contributed by atoms with van der Waals surface area (Å²) >= 11 is 0. The molecule has 0 bridgehead atoms. The SMILES string of the molecule is CCCCCCCCOc1ccc(C(=O)OCCN(C)C)cc1. The maximum absolute atomic E-state index is 11.8. The molecule has 0 heterocycles. The van der Waals surface area contributed by atoms with Gasteiger partial charge in [0.2, 0.25) is 0 Å². The number of rotatable bonds is 12. The first-order valence-corrected chi connectivity index (χ1v) is 8.68. The topological polar surface area (TPSA) is 38.8 Å². The lowest BCUT2D eigenvalue weighted by molar-refractivity contribution is 0.0482. The van der Waals surface area contributed by atoms with Crippen molar-refractivity contribution in [3.63, 3.8) is 0 Å². The zero-order valence-corrected chi connectivity index (χ0v) is 14.8. The van der Waals surface area contributed by atoms with Gasteiger partial charge in [0, 0.05) is 6.54 Å². The van der Waals surface area contributed by atoms with E-state index in [9.17, 15) is 4.79 Å². The van der Waals surface area contributed by atoms with Crippen molar-refractivity contribution in [1.82, 2.24) is 4.90 Å². The summed E-state index contributed by atoms with van der Waals surface area (Å²) in [5.74, 6) is 0.526. The zero-order valence-electron chi connectivity index (χ0n) is 14.8. The molecule has 0 radical (unpaired) electrons. The number of benzene rings is 1. The monoisotopic (exact) mass is 321 g/mol. The second-order valence-electron chi connectivity index (χ2n) is 6.08. The summed E-state index contributed by atoms with van der Waals surface area (Å²) in [6.45, 7) is 4.09. The van der Waals surface area contributed by atoms with Crippen molar-refractivity contribution in [3.8, 4) is 5.75 Å². The van der Waals surface area contributed by atoms with Gasteiger partial charge < -0.3 is 14.4 Å². The number of nitrogens with zero attached hydrogens (tertiary/aromatic N) is 1. The Bertz CT molecular complexity index is 429. The number of hydrogen-bond acceptors (Lipinski definition) is 4. The minimum absolute atomic E-state index is 0.283. The normalized spacial score (nSPS) is 10.8. The second-order valence-corrected chi connectivity index (χ2v) is 6.08. The molecule has 4 nitrogen and oxygen atoms in total. The number of carbonyl (C=O) groups is 1. The average Bonchev–Trinajstić information content (AvgIpc) is 2.54. The van der Waals surface area contributed by atoms with Crippen molar-refractivity contribution in [1.29, 1.82) is 0 Å². The fraction of sp³-hybridized carbons (Fsp3) is 0.632. The number of carbonyl (C=O) groups excluding carboxylic acids is 1. The van der Waals surface area contributed by atoms with E-state index < -0.39 is 0 Å². The molecule has 0 saturated heterocycles. The van der Waals surface area contributed by atoms with E-state index in [-0.39, 0.29) is 5.97 Å². The van der Waals surface area contributed by atoms with Gasteiger partial charge in [-0.15, -0.1) is 0 Å². The van der Waals surface area contributed by atoms with E-state index in [0.29, 0.717) is 12.2 Å². The van der Waals surface area contributed by atoms with Gasteiger partial charge in [0.15, 0.2) is 0 Å². The van der Waals surface area contributed by atoms with Crippen molar-refractivity contribution >= 4 is 5.97 Å². The van der Waals surface area contributed by atoms with E-state index in [1.807, 2.05) is 31.1 Å². The molecule has 0 fully saturated rings. The van der Waals surface area contributed by atoms with Crippen LogP contribution < -0.4 is 4.74 Å². The fourth-order valence-electron chi connectivity index (χ4n) is 2.16. The minimum atomic E-state index is -0.283. The molecule has 0 spiro atoms. The number of ether oxygens (including phenoxy) is 2. The van der Waals surface area contributed by atoms with Crippen molar-refractivity contribution in [2.24, 2.45) is 0 Å². The quantitative estimate of drug-likeness (QED) is 0.428. The van der Waals surface area contributed by atoms with E-state index in [4.69, 9.17) is 9.47 Å². The molecule has 0 amide bonds. The van der Waals surface area contributed by atoms with Gasteiger partial charge in [0.1, 0.15) is 12.4 Å². The number of esters is 1. The number of likely N-dealkylation sites (N-methyl/N-ethyl adjacent to an activating group) is 1. The first-order valence-electron chi connectivity index (χ1n) is 8.68. The molecule has 1 aromatic carbocycles. The van der Waals surface area contributed by atoms with Gasteiger partial charge in [-0.05, 0) is 44.8 Å². The Morgan fingerprint density at radius 3 is 2.26 bits per heavy atom. The third kappa shape index (κ3) is 9.24. The number of unbranched alkanes of at least 4 members (excludes halogenated alkanes) is 5. The molecule has 0 saturated carbocycles. The maximum atomic E-state index is 11.8. The van der Waals surface area contributed by atoms with Crippen LogP contribution in [0.2, 0.25) is 0 Å². The largest absolute Gasteiger partial charge is 0.494 e. The van der Waals surface area contributed by atoms with Crippen molar-refractivity contribution in [3.05, 3.63) is 29.8 Å². The van der Waals surface area contributed by atoms with Crippen LogP contribution in [0.5, 0.6) is 5.75 Å². The van der Waals surface area contributed by atoms with Crippen LogP contribution in [-0.2, 0) is 4.74 Å². The molecule has 4 heteroatoms. The summed E-state index contributed by atoms with van der Waals surface area (Å²) in [6.07, 6.45) is 7.51. The molecule has 0 aliphatic heterocycles. The molecule has 0 unspecified atom stereocenters. The van der Waals surface area contributed by atoms with Gasteiger partial charge in [-0.2, -0.15) is 0 Å². The van der Waals surface area contributed by atoms with Crippen LogP contribution >= 0.6 is 0 Å². The molecular weight excluding hydrogens is 290 g/mol. The Balaban J connectivity index is 2.21. The highest BCUT2D eigenvalue weighted by atomic mass is 16.5. The van der Waals surface area contributed by atoms with E-state index in [1.165, 1.54) is 32.1 Å². The van der Waals surface area contributed by atoms with Gasteiger partial charge in [-0.1, -0.05) is 39.0 Å². The lowest BCUT2D eigenvalue weighted by Gasteiger charge is -2.10. The third-order valence-corrected chi connectivity index (χ3v) is 3.63. The lowest BCUT2D eigenvalue weighted by atomic mass is 10.1. The Morgan fingerprint density at radius 1 is 0.957 bits per heavy atom. The molecule has 23 heavy (non-hydrogen) atoms. The Hall–Kier alpha value is -1.55. The number of hydrogen-bond donors (Lipinski definition) is 0. The summed E-state index contributed by atoms with van der Waals surface area (Å²) in [5, 5.41) is 0. The summed E-state index contributed by atoms with van der Waals surface area (Å²) in [5.41, 5.74) is 0.565. The van der Waals surface area contributed by atoms with Crippen LogP contribution in [0.25, 0.3) is 0 Å². The van der Waals surface area contributed by atoms with E-state index >= 15 is 0 Å². The predicted octanol–water partition coefficient (Wildman–Crippen LogP) is 4.14. The fourth-order valence-corrected chi connectivity index (χ4v) is 2.16. The first-order chi connectivity index (χ1) is 11.1. The summed E-state index contributed by atoms with van der Waals surface area (Å²) in [4.78, 5) is 13.8. The van der Waals surface area contributed by atoms with Crippen molar-refractivity contribution in [2.45, 2.75) is 45.4 Å². The Morgan fingerprint density at radius 2 is 1.61 bits per heavy atom. The minimum Gasteiger partial charge on any atom is -0.494 e. The van der Waals surface area contributed by atoms with Crippen molar-refractivity contribution < 1.29 is 14.3 Å². The Labute approximate surface area is 140 Å². The van der Waals surface area contributed by atoms with Crippen LogP contribution in [0.15, 0.2) is 24.3 Å². The van der Waals surface area contributed by atoms with Crippen LogP contribution in [0.1, 0.15) is 55.8 Å². The molecule has 1 aromatic rings. The summed E-state index contributed by atoms with van der Waals surface area (Å²) in [6, 6.07) is 7.18. The highest BCUT2D eigenvalue weighted by Gasteiger charge is 2.07. The predicted molar refractivity (Wildman–Crippen MR) is 94.1 cm³/mol. The molecule has 0 aliphatic carbocycles. The van der Waals surface area contributed by atoms with Crippen LogP contribution in [0.3, 0.4) is 0 Å². The molecule has 1 rings (SSSR count). The van der Waals surface area contributed by atoms with E-state index in [1.54, 1.807) is 12.1 Å². The van der Waals surface area contributed by atoms with Crippen LogP contribution in [0, 0.1) is 0 Å². The second kappa shape index (κ2) is 11.9. The lowest BCUT2D eigenvalue weighted by Crippen LogP contribution is -2.20. The maximum Gasteiger partial charge on any atom is 0.338 e. The third-order valence-electron chi connectivity index (χ3n) is 3.63. The first kappa shape index (κ1) is 19.5. The zero-order chi connectivity index (χ0) is 16.9. The summed E-state index contributed by atoms with van der Waals surface area (Å²) in [7, 11) is 3.90. The molecule has 0 aliphatic rings. The molecule has 0 N–H and O–H groups in total. The highest BCUT2D eigenvalue weighted by molar-refractivity contribution is 5.89. The molecule has 0 atom stereocenters. The summed E-state index contributed by atoms with van der Waals surface area (Å²) < 4.78 is 10.9. The van der Waals surface area contributed by atoms with Gasteiger partial charge >= 0.3 is 5.97 Å². The van der Waals surface area contributed by atoms with E-state index in [2.05, 4.69) is 6.92 Å². The van der Waals surface area contributed by atoms with Gasteiger partial charge in [-0.25, -0.2) is 4.79 Å². The van der Waals surface area contributed by atoms with E-state index in [0.717, 1.165) is 25.3 Å².